The zero-order chi connectivity index (χ0) is 21.4. The highest BCUT2D eigenvalue weighted by atomic mass is 35.5. The molecule has 3 aromatic rings. The molecule has 150 valence electrons. The molecule has 0 aromatic heterocycles. The molecule has 0 atom stereocenters. The number of rotatable bonds is 4. The number of halogens is 3. The second-order valence-electron chi connectivity index (χ2n) is 6.72. The summed E-state index contributed by atoms with van der Waals surface area (Å²) in [5.41, 5.74) is 1.75. The zero-order valence-corrected chi connectivity index (χ0v) is 16.5. The number of nitrogens with zero attached hydrogens (tertiary/aromatic N) is 1. The van der Waals surface area contributed by atoms with Crippen LogP contribution in [0.2, 0.25) is 5.02 Å². The molecule has 0 unspecified atom stereocenters. The van der Waals surface area contributed by atoms with Crippen LogP contribution in [0, 0.1) is 18.6 Å². The third-order valence-corrected chi connectivity index (χ3v) is 5.22. The predicted molar refractivity (Wildman–Crippen MR) is 112 cm³/mol. The van der Waals surface area contributed by atoms with Crippen molar-refractivity contribution in [2.75, 3.05) is 10.2 Å². The van der Waals surface area contributed by atoms with Gasteiger partial charge in [-0.25, -0.2) is 13.7 Å². The summed E-state index contributed by atoms with van der Waals surface area (Å²) in [6, 6.07) is 15.6. The van der Waals surface area contributed by atoms with E-state index >= 15 is 0 Å². The van der Waals surface area contributed by atoms with Gasteiger partial charge in [0, 0.05) is 10.7 Å². The number of imide groups is 1. The highest BCUT2D eigenvalue weighted by molar-refractivity contribution is 6.46. The Morgan fingerprint density at radius 1 is 0.867 bits per heavy atom. The van der Waals surface area contributed by atoms with E-state index in [1.165, 1.54) is 42.5 Å². The molecule has 7 heteroatoms. The highest BCUT2D eigenvalue weighted by Crippen LogP contribution is 2.35. The van der Waals surface area contributed by atoms with E-state index in [9.17, 15) is 18.4 Å². The first-order valence-corrected chi connectivity index (χ1v) is 9.41. The number of carbonyl (C=O) groups excluding carboxylic acids is 2. The maximum Gasteiger partial charge on any atom is 0.282 e. The third-order valence-electron chi connectivity index (χ3n) is 4.81. The second kappa shape index (κ2) is 7.72. The lowest BCUT2D eigenvalue weighted by Crippen LogP contribution is -2.32. The monoisotopic (exact) mass is 424 g/mol. The molecule has 1 aliphatic heterocycles. The summed E-state index contributed by atoms with van der Waals surface area (Å²) in [5, 5.41) is 3.49. The molecule has 2 amide bonds. The van der Waals surface area contributed by atoms with Crippen LogP contribution in [0.15, 0.2) is 72.4 Å². The van der Waals surface area contributed by atoms with Gasteiger partial charge in [0.05, 0.1) is 11.3 Å². The first-order chi connectivity index (χ1) is 14.4. The molecule has 0 bridgehead atoms. The third kappa shape index (κ3) is 3.46. The van der Waals surface area contributed by atoms with Gasteiger partial charge in [-0.1, -0.05) is 35.9 Å². The minimum absolute atomic E-state index is 0.00114. The van der Waals surface area contributed by atoms with Gasteiger partial charge in [0.1, 0.15) is 17.3 Å². The molecule has 0 spiro atoms. The minimum atomic E-state index is -0.649. The Hall–Kier alpha value is -3.51. The number of benzene rings is 3. The standard InChI is InChI=1S/C23H15ClF2N2O2/c1-13-18(24)6-3-7-19(13)27-21-20(14-8-10-15(25)11-9-14)22(29)28(23(21)30)17-5-2-4-16(26)12-17/h2-12,27H,1H3. The van der Waals surface area contributed by atoms with Crippen molar-refractivity contribution in [1.29, 1.82) is 0 Å². The topological polar surface area (TPSA) is 49.4 Å². The Bertz CT molecular complexity index is 1210. The fraction of sp³-hybridized carbons (Fsp3) is 0.0435. The first-order valence-electron chi connectivity index (χ1n) is 9.03. The number of carbonyl (C=O) groups is 2. The lowest BCUT2D eigenvalue weighted by Gasteiger charge is -2.16. The van der Waals surface area contributed by atoms with E-state index in [0.717, 1.165) is 11.0 Å². The minimum Gasteiger partial charge on any atom is -0.350 e. The average molecular weight is 425 g/mol. The van der Waals surface area contributed by atoms with Crippen LogP contribution in [0.3, 0.4) is 0 Å². The molecule has 0 saturated heterocycles. The molecule has 1 N–H and O–H groups in total. The van der Waals surface area contributed by atoms with Crippen LogP contribution >= 0.6 is 11.6 Å². The zero-order valence-electron chi connectivity index (χ0n) is 15.7. The van der Waals surface area contributed by atoms with Gasteiger partial charge in [-0.15, -0.1) is 0 Å². The average Bonchev–Trinajstić information content (AvgIpc) is 2.96. The molecule has 4 nitrogen and oxygen atoms in total. The Labute approximate surface area is 176 Å². The number of anilines is 2. The van der Waals surface area contributed by atoms with Gasteiger partial charge in [-0.3, -0.25) is 9.59 Å². The summed E-state index contributed by atoms with van der Waals surface area (Å²) in [6.45, 7) is 1.77. The van der Waals surface area contributed by atoms with Crippen molar-refractivity contribution in [3.05, 3.63) is 100 Å². The maximum absolute atomic E-state index is 13.7. The summed E-state index contributed by atoms with van der Waals surface area (Å²) < 4.78 is 27.2. The molecule has 0 radical (unpaired) electrons. The smallest absolute Gasteiger partial charge is 0.282 e. The fourth-order valence-corrected chi connectivity index (χ4v) is 3.43. The normalized spacial score (nSPS) is 13.9. The van der Waals surface area contributed by atoms with E-state index in [4.69, 9.17) is 11.6 Å². The van der Waals surface area contributed by atoms with E-state index in [1.54, 1.807) is 25.1 Å². The van der Waals surface area contributed by atoms with Gasteiger partial charge in [-0.05, 0) is 60.5 Å². The van der Waals surface area contributed by atoms with E-state index < -0.39 is 23.4 Å². The Kier molecular flexibility index (Phi) is 5.10. The van der Waals surface area contributed by atoms with Crippen LogP contribution in [0.4, 0.5) is 20.2 Å². The molecule has 0 aliphatic carbocycles. The Balaban J connectivity index is 1.86. The molecular formula is C23H15ClF2N2O2. The molecule has 30 heavy (non-hydrogen) atoms. The van der Waals surface area contributed by atoms with Gasteiger partial charge < -0.3 is 5.32 Å². The van der Waals surface area contributed by atoms with Crippen molar-refractivity contribution in [2.45, 2.75) is 6.92 Å². The Morgan fingerprint density at radius 2 is 1.57 bits per heavy atom. The van der Waals surface area contributed by atoms with Crippen LogP contribution < -0.4 is 10.2 Å². The molecule has 1 aliphatic rings. The van der Waals surface area contributed by atoms with Crippen LogP contribution in [0.25, 0.3) is 5.57 Å². The molecule has 4 rings (SSSR count). The number of hydrogen-bond acceptors (Lipinski definition) is 3. The van der Waals surface area contributed by atoms with E-state index in [0.29, 0.717) is 21.8 Å². The lowest BCUT2D eigenvalue weighted by molar-refractivity contribution is -0.120. The van der Waals surface area contributed by atoms with Gasteiger partial charge in [0.25, 0.3) is 11.8 Å². The maximum atomic E-state index is 13.7. The summed E-state index contributed by atoms with van der Waals surface area (Å²) in [4.78, 5) is 27.4. The van der Waals surface area contributed by atoms with E-state index in [2.05, 4.69) is 5.32 Å². The van der Waals surface area contributed by atoms with Crippen molar-refractivity contribution < 1.29 is 18.4 Å². The van der Waals surface area contributed by atoms with Gasteiger partial charge >= 0.3 is 0 Å². The largest absolute Gasteiger partial charge is 0.350 e. The lowest BCUT2D eigenvalue weighted by atomic mass is 10.0. The summed E-state index contributed by atoms with van der Waals surface area (Å²) in [7, 11) is 0. The van der Waals surface area contributed by atoms with Gasteiger partial charge in [0.2, 0.25) is 0 Å². The second-order valence-corrected chi connectivity index (χ2v) is 7.13. The Morgan fingerprint density at radius 3 is 2.27 bits per heavy atom. The van der Waals surface area contributed by atoms with E-state index in [1.807, 2.05) is 0 Å². The number of amides is 2. The summed E-state index contributed by atoms with van der Waals surface area (Å²) in [6.07, 6.45) is 0. The summed E-state index contributed by atoms with van der Waals surface area (Å²) in [5.74, 6) is -2.34. The van der Waals surface area contributed by atoms with Gasteiger partial charge in [-0.2, -0.15) is 0 Å². The predicted octanol–water partition coefficient (Wildman–Crippen LogP) is 5.32. The van der Waals surface area contributed by atoms with Gasteiger partial charge in [0.15, 0.2) is 0 Å². The molecular weight excluding hydrogens is 410 g/mol. The number of hydrogen-bond donors (Lipinski definition) is 1. The van der Waals surface area contributed by atoms with Crippen LogP contribution in [-0.2, 0) is 9.59 Å². The quantitative estimate of drug-likeness (QED) is 0.576. The molecule has 1 heterocycles. The molecule has 0 fully saturated rings. The van der Waals surface area contributed by atoms with Crippen molar-refractivity contribution >= 4 is 40.4 Å². The van der Waals surface area contributed by atoms with Crippen LogP contribution in [-0.4, -0.2) is 11.8 Å². The number of nitrogens with one attached hydrogen (secondary N) is 1. The molecule has 0 saturated carbocycles. The van der Waals surface area contributed by atoms with Crippen molar-refractivity contribution in [2.24, 2.45) is 0 Å². The van der Waals surface area contributed by atoms with E-state index in [-0.39, 0.29) is 17.0 Å². The van der Waals surface area contributed by atoms with Crippen molar-refractivity contribution in [3.8, 4) is 0 Å². The van der Waals surface area contributed by atoms with Crippen LogP contribution in [0.1, 0.15) is 11.1 Å². The SMILES string of the molecule is Cc1c(Cl)cccc1NC1=C(c2ccc(F)cc2)C(=O)N(c2cccc(F)c2)C1=O. The van der Waals surface area contributed by atoms with Crippen LogP contribution in [0.5, 0.6) is 0 Å². The first kappa shape index (κ1) is 19.8. The summed E-state index contributed by atoms with van der Waals surface area (Å²) >= 11 is 6.18. The van der Waals surface area contributed by atoms with Crippen molar-refractivity contribution in [3.63, 3.8) is 0 Å². The highest BCUT2D eigenvalue weighted by Gasteiger charge is 2.40. The fourth-order valence-electron chi connectivity index (χ4n) is 3.26. The van der Waals surface area contributed by atoms with Crippen molar-refractivity contribution in [1.82, 2.24) is 0 Å². The molecule has 3 aromatic carbocycles.